The molecule has 0 aliphatic heterocycles. The number of benzene rings is 2. The van der Waals surface area contributed by atoms with Crippen LogP contribution in [0, 0.1) is 22.0 Å². The maximum atomic E-state index is 14.2. The van der Waals surface area contributed by atoms with Crippen molar-refractivity contribution in [2.24, 2.45) is 11.8 Å². The summed E-state index contributed by atoms with van der Waals surface area (Å²) < 4.78 is 48.2. The van der Waals surface area contributed by atoms with Gasteiger partial charge in [-0.2, -0.15) is 13.2 Å². The van der Waals surface area contributed by atoms with E-state index >= 15 is 0 Å². The Morgan fingerprint density at radius 3 is 2.34 bits per heavy atom. The smallest absolute Gasteiger partial charge is 0.423 e. The maximum Gasteiger partial charge on any atom is 0.423 e. The minimum atomic E-state index is -5.14. The van der Waals surface area contributed by atoms with Gasteiger partial charge in [0.25, 0.3) is 0 Å². The summed E-state index contributed by atoms with van der Waals surface area (Å²) in [6.45, 7) is 3.43. The van der Waals surface area contributed by atoms with Crippen molar-refractivity contribution in [2.75, 3.05) is 6.61 Å². The second-order valence-corrected chi connectivity index (χ2v) is 8.46. The Labute approximate surface area is 183 Å². The zero-order valence-corrected chi connectivity index (χ0v) is 17.7. The molecule has 0 bridgehead atoms. The zero-order valence-electron chi connectivity index (χ0n) is 17.7. The van der Waals surface area contributed by atoms with Gasteiger partial charge >= 0.3 is 17.8 Å². The molecule has 0 radical (unpaired) electrons. The number of alkyl halides is 3. The van der Waals surface area contributed by atoms with E-state index in [0.717, 1.165) is 18.9 Å². The molecule has 6 nitrogen and oxygen atoms in total. The molecule has 172 valence electrons. The summed E-state index contributed by atoms with van der Waals surface area (Å²) in [4.78, 5) is 22.8. The molecule has 0 spiro atoms. The van der Waals surface area contributed by atoms with Crippen molar-refractivity contribution in [1.29, 1.82) is 0 Å². The molecule has 3 rings (SSSR count). The lowest BCUT2D eigenvalue weighted by Crippen LogP contribution is -2.22. The van der Waals surface area contributed by atoms with Crippen LogP contribution in [0.1, 0.15) is 50.2 Å². The van der Waals surface area contributed by atoms with E-state index in [9.17, 15) is 33.2 Å². The largest absolute Gasteiger partial charge is 0.486 e. The van der Waals surface area contributed by atoms with Crippen LogP contribution >= 0.6 is 0 Å². The molecule has 32 heavy (non-hydrogen) atoms. The fraction of sp³-hybridized carbons (Fsp3) is 0.435. The van der Waals surface area contributed by atoms with Crippen LogP contribution in [-0.4, -0.2) is 22.6 Å². The highest BCUT2D eigenvalue weighted by Gasteiger charge is 2.47. The van der Waals surface area contributed by atoms with Crippen LogP contribution in [0.15, 0.2) is 36.4 Å². The van der Waals surface area contributed by atoms with E-state index in [4.69, 9.17) is 4.74 Å². The Morgan fingerprint density at radius 1 is 1.25 bits per heavy atom. The molecule has 2 aromatic carbocycles. The third-order valence-electron chi connectivity index (χ3n) is 5.38. The zero-order chi connectivity index (χ0) is 23.6. The molecule has 1 N–H and O–H groups in total. The molecular weight excluding hydrogens is 427 g/mol. The number of carboxylic acids is 1. The van der Waals surface area contributed by atoms with Gasteiger partial charge < -0.3 is 9.84 Å². The van der Waals surface area contributed by atoms with E-state index in [1.165, 1.54) is 0 Å². The van der Waals surface area contributed by atoms with Gasteiger partial charge in [-0.15, -0.1) is 0 Å². The monoisotopic (exact) mass is 451 g/mol. The van der Waals surface area contributed by atoms with Crippen LogP contribution in [0.25, 0.3) is 11.1 Å². The van der Waals surface area contributed by atoms with Crippen molar-refractivity contribution in [3.05, 3.63) is 57.6 Å². The summed E-state index contributed by atoms with van der Waals surface area (Å²) in [7, 11) is 0. The predicted octanol–water partition coefficient (Wildman–Crippen LogP) is 6.28. The first-order chi connectivity index (χ1) is 15.0. The van der Waals surface area contributed by atoms with Gasteiger partial charge in [-0.25, -0.2) is 0 Å². The molecule has 0 heterocycles. The first-order valence-corrected chi connectivity index (χ1v) is 10.3. The number of nitro benzene ring substituents is 1. The number of nitrogens with zero attached hydrogens (tertiary/aromatic N) is 1. The summed E-state index contributed by atoms with van der Waals surface area (Å²) in [6, 6.07) is 9.29. The molecular formula is C23H24F3NO5. The van der Waals surface area contributed by atoms with E-state index in [-0.39, 0.29) is 30.4 Å². The maximum absolute atomic E-state index is 14.2. The van der Waals surface area contributed by atoms with Gasteiger partial charge in [-0.3, -0.25) is 14.9 Å². The molecule has 1 fully saturated rings. The summed E-state index contributed by atoms with van der Waals surface area (Å²) in [5.74, 6) is -3.62. The van der Waals surface area contributed by atoms with E-state index in [2.05, 4.69) is 0 Å². The molecule has 9 heteroatoms. The topological polar surface area (TPSA) is 89.7 Å². The molecule has 1 aliphatic carbocycles. The molecule has 1 aliphatic rings. The quantitative estimate of drug-likeness (QED) is 0.358. The van der Waals surface area contributed by atoms with E-state index < -0.39 is 45.6 Å². The minimum absolute atomic E-state index is 0.0612. The highest BCUT2D eigenvalue weighted by atomic mass is 19.4. The molecule has 0 amide bonds. The van der Waals surface area contributed by atoms with Crippen molar-refractivity contribution in [1.82, 2.24) is 0 Å². The van der Waals surface area contributed by atoms with E-state index in [1.54, 1.807) is 44.2 Å². The lowest BCUT2D eigenvalue weighted by molar-refractivity contribution is -0.389. The second-order valence-electron chi connectivity index (χ2n) is 8.46. The van der Waals surface area contributed by atoms with Crippen LogP contribution in [0.4, 0.5) is 18.9 Å². The van der Waals surface area contributed by atoms with Crippen molar-refractivity contribution in [3.63, 3.8) is 0 Å². The highest BCUT2D eigenvalue weighted by Crippen LogP contribution is 2.51. The fourth-order valence-corrected chi connectivity index (χ4v) is 3.71. The standard InChI is InChI=1S/C23H24F3NO5/c1-13(2)10-18(22(28)29)17-11-16(15-6-4-3-5-7-15)21(32-12-14-8-9-14)20(27(30)31)19(17)23(24,25)26/h3-7,11,13-14,18H,8-10,12H2,1-2H3,(H,28,29). The third kappa shape index (κ3) is 5.20. The van der Waals surface area contributed by atoms with Gasteiger partial charge in [0.05, 0.1) is 17.4 Å². The number of hydrogen-bond donors (Lipinski definition) is 1. The predicted molar refractivity (Wildman–Crippen MR) is 112 cm³/mol. The summed E-state index contributed by atoms with van der Waals surface area (Å²) in [6.07, 6.45) is -3.57. The van der Waals surface area contributed by atoms with Gasteiger partial charge in [-0.1, -0.05) is 44.2 Å². The Balaban J connectivity index is 2.38. The molecule has 0 saturated heterocycles. The SMILES string of the molecule is CC(C)CC(C(=O)O)c1cc(-c2ccccc2)c(OCC2CC2)c([N+](=O)[O-])c1C(F)(F)F. The van der Waals surface area contributed by atoms with Crippen LogP contribution in [0.5, 0.6) is 5.75 Å². The van der Waals surface area contributed by atoms with E-state index in [1.807, 2.05) is 0 Å². The molecule has 1 saturated carbocycles. The number of nitro groups is 1. The average molecular weight is 451 g/mol. The van der Waals surface area contributed by atoms with Crippen LogP contribution in [0.2, 0.25) is 0 Å². The Kier molecular flexibility index (Phi) is 6.76. The third-order valence-corrected chi connectivity index (χ3v) is 5.38. The molecule has 1 unspecified atom stereocenters. The van der Waals surface area contributed by atoms with Gasteiger partial charge in [0.15, 0.2) is 0 Å². The number of aliphatic carboxylic acids is 1. The van der Waals surface area contributed by atoms with E-state index in [0.29, 0.717) is 5.56 Å². The number of rotatable bonds is 9. The average Bonchev–Trinajstić information content (AvgIpc) is 3.53. The lowest BCUT2D eigenvalue weighted by Gasteiger charge is -2.23. The Morgan fingerprint density at radius 2 is 1.88 bits per heavy atom. The van der Waals surface area contributed by atoms with Crippen LogP contribution < -0.4 is 4.74 Å². The van der Waals surface area contributed by atoms with Crippen LogP contribution in [0.3, 0.4) is 0 Å². The van der Waals surface area contributed by atoms with Crippen LogP contribution in [-0.2, 0) is 11.0 Å². The Hall–Kier alpha value is -3.10. The summed E-state index contributed by atoms with van der Waals surface area (Å²) in [5, 5.41) is 21.7. The number of carbonyl (C=O) groups is 1. The van der Waals surface area contributed by atoms with Gasteiger partial charge in [0.2, 0.25) is 5.75 Å². The normalized spacial score (nSPS) is 14.9. The van der Waals surface area contributed by atoms with Crippen molar-refractivity contribution >= 4 is 11.7 Å². The minimum Gasteiger partial charge on any atom is -0.486 e. The van der Waals surface area contributed by atoms with Gasteiger partial charge in [0, 0.05) is 5.56 Å². The lowest BCUT2D eigenvalue weighted by atomic mass is 9.84. The Bertz CT molecular complexity index is 1000. The highest BCUT2D eigenvalue weighted by molar-refractivity contribution is 5.84. The number of carboxylic acid groups (broad SMARTS) is 1. The second kappa shape index (κ2) is 9.18. The first-order valence-electron chi connectivity index (χ1n) is 10.3. The number of halogens is 3. The number of hydrogen-bond acceptors (Lipinski definition) is 4. The van der Waals surface area contributed by atoms with Crippen molar-refractivity contribution < 1.29 is 32.7 Å². The number of ether oxygens (including phenoxy) is 1. The van der Waals surface area contributed by atoms with Crippen molar-refractivity contribution in [2.45, 2.75) is 45.2 Å². The van der Waals surface area contributed by atoms with Gasteiger partial charge in [-0.05, 0) is 48.3 Å². The fourth-order valence-electron chi connectivity index (χ4n) is 3.71. The molecule has 1 atom stereocenters. The summed E-state index contributed by atoms with van der Waals surface area (Å²) in [5.41, 5.74) is -2.92. The van der Waals surface area contributed by atoms with Gasteiger partial charge in [0.1, 0.15) is 5.56 Å². The molecule has 2 aromatic rings. The first kappa shape index (κ1) is 23.6. The summed E-state index contributed by atoms with van der Waals surface area (Å²) >= 11 is 0. The molecule has 0 aromatic heterocycles. The van der Waals surface area contributed by atoms with Crippen molar-refractivity contribution in [3.8, 4) is 16.9 Å².